The molecular weight excluding hydrogens is 375 g/mol. The van der Waals surface area contributed by atoms with Crippen molar-refractivity contribution in [2.75, 3.05) is 13.2 Å². The Bertz CT molecular complexity index is 984. The fourth-order valence-electron chi connectivity index (χ4n) is 4.07. The van der Waals surface area contributed by atoms with Crippen LogP contribution in [0, 0.1) is 5.95 Å². The van der Waals surface area contributed by atoms with Gasteiger partial charge in [-0.1, -0.05) is 6.07 Å². The second kappa shape index (κ2) is 5.84. The highest BCUT2D eigenvalue weighted by Crippen LogP contribution is 2.51. The van der Waals surface area contributed by atoms with Gasteiger partial charge in [-0.2, -0.15) is 4.39 Å². The van der Waals surface area contributed by atoms with Gasteiger partial charge in [-0.25, -0.2) is 18.8 Å². The van der Waals surface area contributed by atoms with Gasteiger partial charge in [0, 0.05) is 23.7 Å². The number of aromatic nitrogens is 1. The zero-order chi connectivity index (χ0) is 19.5. The van der Waals surface area contributed by atoms with Crippen molar-refractivity contribution in [1.82, 2.24) is 4.98 Å². The predicted molar refractivity (Wildman–Crippen MR) is 92.6 cm³/mol. The molecule has 3 aliphatic heterocycles. The highest BCUT2D eigenvalue weighted by atomic mass is 19.3. The molecule has 1 saturated heterocycles. The molecule has 0 saturated carbocycles. The van der Waals surface area contributed by atoms with E-state index in [0.29, 0.717) is 11.1 Å². The van der Waals surface area contributed by atoms with Gasteiger partial charge in [0.05, 0.1) is 6.61 Å². The quantitative estimate of drug-likeness (QED) is 0.756. The average molecular weight is 391 g/mol. The Morgan fingerprint density at radius 1 is 1.18 bits per heavy atom. The van der Waals surface area contributed by atoms with Gasteiger partial charge in [0.15, 0.2) is 11.6 Å². The summed E-state index contributed by atoms with van der Waals surface area (Å²) < 4.78 is 60.0. The Labute approximate surface area is 158 Å². The molecule has 2 aromatic rings. The molecule has 3 atom stereocenters. The standard InChI is InChI=1S/C19H16F3N3O3/c20-16-11(2-1-6-24-16)10-3-4-13-12(8-10)18(9-27-17(23)25-18)14-15(28-13)19(21,22)5-7-26-14/h1-4,6,8,14-15H,5,7,9H2,(H2,23,25)/t14-,15+,18-/m0/s1. The lowest BCUT2D eigenvalue weighted by molar-refractivity contribution is -0.226. The van der Waals surface area contributed by atoms with Crippen molar-refractivity contribution in [1.29, 1.82) is 0 Å². The molecule has 28 heavy (non-hydrogen) atoms. The van der Waals surface area contributed by atoms with Gasteiger partial charge in [-0.05, 0) is 29.8 Å². The van der Waals surface area contributed by atoms with Crippen LogP contribution in [-0.2, 0) is 15.0 Å². The van der Waals surface area contributed by atoms with E-state index >= 15 is 0 Å². The second-order valence-electron chi connectivity index (χ2n) is 7.06. The van der Waals surface area contributed by atoms with Gasteiger partial charge in [0.2, 0.25) is 5.95 Å². The number of ether oxygens (including phenoxy) is 3. The summed E-state index contributed by atoms with van der Waals surface area (Å²) in [6, 6.07) is 7.85. The fourth-order valence-corrected chi connectivity index (χ4v) is 4.07. The molecule has 0 unspecified atom stereocenters. The van der Waals surface area contributed by atoms with Crippen LogP contribution in [0.4, 0.5) is 13.2 Å². The largest absolute Gasteiger partial charge is 0.481 e. The fraction of sp³-hybridized carbons (Fsp3) is 0.368. The molecule has 5 rings (SSSR count). The van der Waals surface area contributed by atoms with Crippen molar-refractivity contribution in [3.63, 3.8) is 0 Å². The molecule has 1 aromatic carbocycles. The maximum absolute atomic E-state index is 14.6. The minimum Gasteiger partial charge on any atom is -0.481 e. The van der Waals surface area contributed by atoms with E-state index in [9.17, 15) is 13.2 Å². The average Bonchev–Trinajstić information content (AvgIpc) is 3.05. The lowest BCUT2D eigenvalue weighted by Gasteiger charge is -2.48. The third-order valence-electron chi connectivity index (χ3n) is 5.41. The van der Waals surface area contributed by atoms with E-state index in [2.05, 4.69) is 9.98 Å². The van der Waals surface area contributed by atoms with E-state index in [0.717, 1.165) is 0 Å². The van der Waals surface area contributed by atoms with Crippen LogP contribution in [0.25, 0.3) is 11.1 Å². The monoisotopic (exact) mass is 391 g/mol. The first-order valence-electron chi connectivity index (χ1n) is 8.80. The molecule has 6 nitrogen and oxygen atoms in total. The molecule has 3 aliphatic rings. The predicted octanol–water partition coefficient (Wildman–Crippen LogP) is 2.61. The lowest BCUT2D eigenvalue weighted by Crippen LogP contribution is -2.63. The highest BCUT2D eigenvalue weighted by molar-refractivity contribution is 5.75. The van der Waals surface area contributed by atoms with Crippen LogP contribution in [0.5, 0.6) is 5.75 Å². The third-order valence-corrected chi connectivity index (χ3v) is 5.41. The second-order valence-corrected chi connectivity index (χ2v) is 7.06. The van der Waals surface area contributed by atoms with Crippen molar-refractivity contribution >= 4 is 6.02 Å². The molecule has 1 spiro atoms. The van der Waals surface area contributed by atoms with Crippen LogP contribution in [0.2, 0.25) is 0 Å². The molecule has 0 amide bonds. The summed E-state index contributed by atoms with van der Waals surface area (Å²) in [5, 5.41) is 0. The van der Waals surface area contributed by atoms with Gasteiger partial charge in [-0.15, -0.1) is 0 Å². The number of hydrogen-bond donors (Lipinski definition) is 1. The minimum absolute atomic E-state index is 0.0641. The number of pyridine rings is 1. The van der Waals surface area contributed by atoms with E-state index in [-0.39, 0.29) is 30.5 Å². The first kappa shape index (κ1) is 17.3. The van der Waals surface area contributed by atoms with E-state index < -0.39 is 36.0 Å². The summed E-state index contributed by atoms with van der Waals surface area (Å²) in [4.78, 5) is 8.01. The first-order chi connectivity index (χ1) is 13.4. The topological polar surface area (TPSA) is 79.0 Å². The number of aliphatic imine (C=N–C) groups is 1. The normalized spacial score (nSPS) is 30.0. The molecule has 0 aliphatic carbocycles. The number of alkyl halides is 2. The molecule has 1 aromatic heterocycles. The Kier molecular flexibility index (Phi) is 3.61. The number of fused-ring (bicyclic) bond motifs is 4. The number of nitrogens with zero attached hydrogens (tertiary/aromatic N) is 2. The molecule has 1 fully saturated rings. The van der Waals surface area contributed by atoms with Crippen LogP contribution in [0.3, 0.4) is 0 Å². The zero-order valence-electron chi connectivity index (χ0n) is 14.6. The molecule has 0 radical (unpaired) electrons. The number of nitrogens with two attached hydrogens (primary N) is 1. The Balaban J connectivity index is 1.70. The van der Waals surface area contributed by atoms with Crippen LogP contribution < -0.4 is 10.5 Å². The Morgan fingerprint density at radius 2 is 2.04 bits per heavy atom. The van der Waals surface area contributed by atoms with Gasteiger partial charge in [-0.3, -0.25) is 0 Å². The zero-order valence-corrected chi connectivity index (χ0v) is 14.6. The summed E-state index contributed by atoms with van der Waals surface area (Å²) in [7, 11) is 0. The van der Waals surface area contributed by atoms with E-state index in [1.54, 1.807) is 24.3 Å². The van der Waals surface area contributed by atoms with Crippen molar-refractivity contribution in [2.24, 2.45) is 10.7 Å². The number of hydrogen-bond acceptors (Lipinski definition) is 6. The Morgan fingerprint density at radius 3 is 2.79 bits per heavy atom. The third kappa shape index (κ3) is 2.39. The van der Waals surface area contributed by atoms with Crippen LogP contribution in [0.15, 0.2) is 41.5 Å². The van der Waals surface area contributed by atoms with Crippen molar-refractivity contribution in [2.45, 2.75) is 30.1 Å². The molecule has 4 heterocycles. The highest BCUT2D eigenvalue weighted by Gasteiger charge is 2.63. The minimum atomic E-state index is -3.09. The van der Waals surface area contributed by atoms with Gasteiger partial charge in [0.1, 0.15) is 18.5 Å². The lowest BCUT2D eigenvalue weighted by atomic mass is 9.76. The molecular formula is C19H16F3N3O3. The van der Waals surface area contributed by atoms with Crippen LogP contribution in [0.1, 0.15) is 12.0 Å². The van der Waals surface area contributed by atoms with Gasteiger partial charge in [0.25, 0.3) is 11.9 Å². The van der Waals surface area contributed by atoms with Crippen molar-refractivity contribution in [3.05, 3.63) is 48.0 Å². The summed E-state index contributed by atoms with van der Waals surface area (Å²) in [5.74, 6) is -3.51. The summed E-state index contributed by atoms with van der Waals surface area (Å²) in [5.41, 5.74) is 5.69. The van der Waals surface area contributed by atoms with Gasteiger partial charge < -0.3 is 19.9 Å². The summed E-state index contributed by atoms with van der Waals surface area (Å²) in [6.07, 6.45) is -1.70. The molecule has 9 heteroatoms. The van der Waals surface area contributed by atoms with E-state index in [1.165, 1.54) is 12.3 Å². The maximum atomic E-state index is 14.6. The molecule has 0 bridgehead atoms. The van der Waals surface area contributed by atoms with E-state index in [4.69, 9.17) is 19.9 Å². The van der Waals surface area contributed by atoms with Crippen molar-refractivity contribution < 1.29 is 27.4 Å². The maximum Gasteiger partial charge on any atom is 0.289 e. The molecule has 146 valence electrons. The SMILES string of the molecule is NC1=N[C@@]2(CO1)c1cc(-c3cccnc3F)ccc1O[C@@H]1[C@@H]2OCCC1(F)F. The van der Waals surface area contributed by atoms with E-state index in [1.807, 2.05) is 0 Å². The summed E-state index contributed by atoms with van der Waals surface area (Å²) in [6.45, 7) is -0.202. The molecule has 2 N–H and O–H groups in total. The first-order valence-corrected chi connectivity index (χ1v) is 8.80. The Hall–Kier alpha value is -2.81. The van der Waals surface area contributed by atoms with Crippen molar-refractivity contribution in [3.8, 4) is 16.9 Å². The number of benzene rings is 1. The van der Waals surface area contributed by atoms with Crippen LogP contribution >= 0.6 is 0 Å². The number of halogens is 3. The number of rotatable bonds is 1. The summed E-state index contributed by atoms with van der Waals surface area (Å²) >= 11 is 0. The smallest absolute Gasteiger partial charge is 0.289 e. The van der Waals surface area contributed by atoms with Gasteiger partial charge >= 0.3 is 0 Å². The number of amidine groups is 1. The van der Waals surface area contributed by atoms with Crippen LogP contribution in [-0.4, -0.2) is 42.3 Å².